The van der Waals surface area contributed by atoms with Crippen molar-refractivity contribution in [3.63, 3.8) is 0 Å². The van der Waals surface area contributed by atoms with Crippen LogP contribution in [0.2, 0.25) is 0 Å². The second-order valence-electron chi connectivity index (χ2n) is 6.35. The summed E-state index contributed by atoms with van der Waals surface area (Å²) in [5, 5.41) is -1.08. The molecule has 7 heteroatoms. The zero-order valence-electron chi connectivity index (χ0n) is 14.4. The first kappa shape index (κ1) is 18.3. The van der Waals surface area contributed by atoms with Gasteiger partial charge in [-0.3, -0.25) is 14.5 Å². The van der Waals surface area contributed by atoms with Crippen molar-refractivity contribution in [2.75, 3.05) is 6.54 Å². The monoisotopic (exact) mass is 372 g/mol. The molecule has 2 amide bonds. The smallest absolute Gasteiger partial charge is 0.261 e. The number of nitrogens with two attached hydrogens (primary N) is 1. The molecule has 1 aliphatic heterocycles. The zero-order chi connectivity index (χ0) is 18.9. The molecule has 0 aliphatic carbocycles. The second-order valence-corrected chi connectivity index (χ2v) is 8.51. The summed E-state index contributed by atoms with van der Waals surface area (Å²) in [4.78, 5) is 25.9. The summed E-state index contributed by atoms with van der Waals surface area (Å²) in [5.41, 5.74) is 7.61. The van der Waals surface area contributed by atoms with E-state index in [0.29, 0.717) is 17.5 Å². The highest BCUT2D eigenvalue weighted by Gasteiger charge is 2.35. The standard InChI is InChI=1S/C19H20N2O4S/c1-13-8-10-14(11-9-13)26(24,25)17(20)7-4-12-21-18(22)15-5-2-3-6-16(15)19(21)23/h2-3,5-6,8-11,17H,4,7,12,20H2,1H3. The maximum absolute atomic E-state index is 12.5. The van der Waals surface area contributed by atoms with Crippen molar-refractivity contribution >= 4 is 21.7 Å². The number of benzene rings is 2. The maximum atomic E-state index is 12.5. The van der Waals surface area contributed by atoms with Gasteiger partial charge in [-0.05, 0) is 44.0 Å². The fourth-order valence-electron chi connectivity index (χ4n) is 2.95. The third-order valence-corrected chi connectivity index (χ3v) is 6.46. The van der Waals surface area contributed by atoms with Crippen LogP contribution in [-0.4, -0.2) is 37.1 Å². The topological polar surface area (TPSA) is 97.5 Å². The van der Waals surface area contributed by atoms with E-state index in [1.165, 1.54) is 12.1 Å². The van der Waals surface area contributed by atoms with E-state index in [4.69, 9.17) is 5.73 Å². The summed E-state index contributed by atoms with van der Waals surface area (Å²) in [5.74, 6) is -0.693. The highest BCUT2D eigenvalue weighted by atomic mass is 32.2. The predicted octanol–water partition coefficient (Wildman–Crippen LogP) is 2.13. The lowest BCUT2D eigenvalue weighted by Gasteiger charge is -2.16. The number of amides is 2. The van der Waals surface area contributed by atoms with Crippen LogP contribution in [0.3, 0.4) is 0 Å². The van der Waals surface area contributed by atoms with Crippen LogP contribution < -0.4 is 5.73 Å². The van der Waals surface area contributed by atoms with Crippen LogP contribution >= 0.6 is 0 Å². The molecule has 0 aromatic heterocycles. The number of sulfone groups is 1. The van der Waals surface area contributed by atoms with Gasteiger partial charge in [-0.15, -0.1) is 0 Å². The number of rotatable bonds is 6. The second kappa shape index (κ2) is 7.01. The Bertz CT molecular complexity index is 917. The molecule has 1 unspecified atom stereocenters. The molecular weight excluding hydrogens is 352 g/mol. The van der Waals surface area contributed by atoms with E-state index in [9.17, 15) is 18.0 Å². The Hall–Kier alpha value is -2.51. The number of nitrogens with zero attached hydrogens (tertiary/aromatic N) is 1. The first-order chi connectivity index (χ1) is 12.3. The minimum absolute atomic E-state index is 0.142. The first-order valence-electron chi connectivity index (χ1n) is 8.34. The quantitative estimate of drug-likeness (QED) is 0.784. The number of carbonyl (C=O) groups excluding carboxylic acids is 2. The maximum Gasteiger partial charge on any atom is 0.261 e. The van der Waals surface area contributed by atoms with E-state index in [1.807, 2.05) is 6.92 Å². The van der Waals surface area contributed by atoms with Crippen molar-refractivity contribution in [3.8, 4) is 0 Å². The highest BCUT2D eigenvalue weighted by molar-refractivity contribution is 7.92. The molecule has 6 nitrogen and oxygen atoms in total. The van der Waals surface area contributed by atoms with Gasteiger partial charge in [0.15, 0.2) is 9.84 Å². The molecule has 0 bridgehead atoms. The van der Waals surface area contributed by atoms with Gasteiger partial charge in [0.1, 0.15) is 5.37 Å². The zero-order valence-corrected chi connectivity index (χ0v) is 15.2. The Labute approximate surface area is 152 Å². The van der Waals surface area contributed by atoms with Crippen LogP contribution in [0.5, 0.6) is 0 Å². The predicted molar refractivity (Wildman–Crippen MR) is 97.4 cm³/mol. The first-order valence-corrected chi connectivity index (χ1v) is 9.88. The minimum atomic E-state index is -3.64. The lowest BCUT2D eigenvalue weighted by atomic mass is 10.1. The fraction of sp³-hybridized carbons (Fsp3) is 0.263. The summed E-state index contributed by atoms with van der Waals surface area (Å²) < 4.78 is 25.0. The van der Waals surface area contributed by atoms with Crippen molar-refractivity contribution < 1.29 is 18.0 Å². The van der Waals surface area contributed by atoms with Crippen molar-refractivity contribution in [2.45, 2.75) is 30.0 Å². The van der Waals surface area contributed by atoms with Gasteiger partial charge in [0, 0.05) is 6.54 Å². The average molecular weight is 372 g/mol. The molecule has 0 spiro atoms. The molecule has 1 aliphatic rings. The van der Waals surface area contributed by atoms with Gasteiger partial charge in [-0.25, -0.2) is 8.42 Å². The molecule has 0 fully saturated rings. The van der Waals surface area contributed by atoms with E-state index in [0.717, 1.165) is 10.5 Å². The van der Waals surface area contributed by atoms with Gasteiger partial charge in [0.25, 0.3) is 11.8 Å². The molecule has 1 atom stereocenters. The summed E-state index contributed by atoms with van der Waals surface area (Å²) in [6.45, 7) is 2.02. The number of hydrogen-bond donors (Lipinski definition) is 1. The average Bonchev–Trinajstić information content (AvgIpc) is 2.87. The normalized spacial score (nSPS) is 15.2. The summed E-state index contributed by atoms with van der Waals surface area (Å²) in [6, 6.07) is 13.2. The van der Waals surface area contributed by atoms with Gasteiger partial charge in [-0.2, -0.15) is 0 Å². The lowest BCUT2D eigenvalue weighted by Crippen LogP contribution is -2.34. The van der Waals surface area contributed by atoms with Gasteiger partial charge < -0.3 is 5.73 Å². The summed E-state index contributed by atoms with van der Waals surface area (Å²) in [7, 11) is -3.64. The number of aryl methyl sites for hydroxylation is 1. The molecule has 0 saturated heterocycles. The van der Waals surface area contributed by atoms with Crippen LogP contribution in [0, 0.1) is 6.92 Å². The molecular formula is C19H20N2O4S. The molecule has 3 rings (SSSR count). The molecule has 2 aromatic rings. The van der Waals surface area contributed by atoms with E-state index in [1.54, 1.807) is 36.4 Å². The third-order valence-electron chi connectivity index (χ3n) is 4.50. The van der Waals surface area contributed by atoms with E-state index in [2.05, 4.69) is 0 Å². The van der Waals surface area contributed by atoms with Crippen LogP contribution in [0.1, 0.15) is 39.1 Å². The van der Waals surface area contributed by atoms with Crippen molar-refractivity contribution in [1.29, 1.82) is 0 Å². The number of hydrogen-bond acceptors (Lipinski definition) is 5. The molecule has 1 heterocycles. The lowest BCUT2D eigenvalue weighted by molar-refractivity contribution is 0.0651. The van der Waals surface area contributed by atoms with Gasteiger partial charge >= 0.3 is 0 Å². The molecule has 2 aromatic carbocycles. The largest absolute Gasteiger partial charge is 0.315 e. The van der Waals surface area contributed by atoms with Gasteiger partial charge in [-0.1, -0.05) is 29.8 Å². The Morgan fingerprint density at radius 2 is 1.50 bits per heavy atom. The van der Waals surface area contributed by atoms with Crippen molar-refractivity contribution in [1.82, 2.24) is 4.90 Å². The molecule has 0 radical (unpaired) electrons. The van der Waals surface area contributed by atoms with E-state index < -0.39 is 15.2 Å². The molecule has 136 valence electrons. The van der Waals surface area contributed by atoms with Crippen molar-refractivity contribution in [3.05, 3.63) is 65.2 Å². The SMILES string of the molecule is Cc1ccc(S(=O)(=O)C(N)CCCN2C(=O)c3ccccc3C2=O)cc1. The minimum Gasteiger partial charge on any atom is -0.315 e. The molecule has 2 N–H and O–H groups in total. The van der Waals surface area contributed by atoms with Crippen LogP contribution in [0.4, 0.5) is 0 Å². The van der Waals surface area contributed by atoms with E-state index in [-0.39, 0.29) is 29.7 Å². The van der Waals surface area contributed by atoms with Gasteiger partial charge in [0.2, 0.25) is 0 Å². The number of carbonyl (C=O) groups is 2. The molecule has 26 heavy (non-hydrogen) atoms. The third kappa shape index (κ3) is 3.27. The molecule has 0 saturated carbocycles. The highest BCUT2D eigenvalue weighted by Crippen LogP contribution is 2.23. The Morgan fingerprint density at radius 3 is 2.04 bits per heavy atom. The van der Waals surface area contributed by atoms with Crippen LogP contribution in [0.25, 0.3) is 0 Å². The number of fused-ring (bicyclic) bond motifs is 1. The Morgan fingerprint density at radius 1 is 0.962 bits per heavy atom. The van der Waals surface area contributed by atoms with Crippen LogP contribution in [0.15, 0.2) is 53.4 Å². The van der Waals surface area contributed by atoms with Crippen LogP contribution in [-0.2, 0) is 9.84 Å². The fourth-order valence-corrected chi connectivity index (χ4v) is 4.29. The van der Waals surface area contributed by atoms with Crippen molar-refractivity contribution in [2.24, 2.45) is 5.73 Å². The Balaban J connectivity index is 1.62. The number of imide groups is 1. The summed E-state index contributed by atoms with van der Waals surface area (Å²) >= 11 is 0. The summed E-state index contributed by atoms with van der Waals surface area (Å²) in [6.07, 6.45) is 0.474. The van der Waals surface area contributed by atoms with E-state index >= 15 is 0 Å². The van der Waals surface area contributed by atoms with Gasteiger partial charge in [0.05, 0.1) is 16.0 Å². The Kier molecular flexibility index (Phi) is 4.93.